The van der Waals surface area contributed by atoms with Gasteiger partial charge in [0.15, 0.2) is 5.58 Å². The topological polar surface area (TPSA) is 88.6 Å². The van der Waals surface area contributed by atoms with Crippen molar-refractivity contribution in [3.8, 4) is 11.5 Å². The minimum atomic E-state index is -0.0112. The second kappa shape index (κ2) is 9.78. The molecule has 2 amide bonds. The molecule has 0 bridgehead atoms. The van der Waals surface area contributed by atoms with Crippen LogP contribution in [0.3, 0.4) is 0 Å². The molecule has 1 fully saturated rings. The molecule has 1 aliphatic rings. The Morgan fingerprint density at radius 1 is 1.00 bits per heavy atom. The number of hydrogen-bond donors (Lipinski definition) is 1. The van der Waals surface area contributed by atoms with Gasteiger partial charge in [0.2, 0.25) is 11.8 Å². The highest BCUT2D eigenvalue weighted by atomic mass is 16.3. The van der Waals surface area contributed by atoms with Crippen LogP contribution in [0.2, 0.25) is 0 Å². The SMILES string of the molecule is Cc1ccc(-c2nc3cc(C(=O)N4CCC(CC(=O)NCc5ccc(C)o5)CC4)ccc3o2)cc1. The molecule has 35 heavy (non-hydrogen) atoms. The van der Waals surface area contributed by atoms with Crippen molar-refractivity contribution >= 4 is 22.9 Å². The Hall–Kier alpha value is -3.87. The van der Waals surface area contributed by atoms with Crippen molar-refractivity contribution in [3.05, 3.63) is 77.2 Å². The van der Waals surface area contributed by atoms with E-state index in [9.17, 15) is 9.59 Å². The maximum absolute atomic E-state index is 13.1. The highest BCUT2D eigenvalue weighted by Crippen LogP contribution is 2.27. The molecule has 0 radical (unpaired) electrons. The maximum atomic E-state index is 13.1. The number of carbonyl (C=O) groups excluding carboxylic acids is 2. The molecule has 180 valence electrons. The monoisotopic (exact) mass is 471 g/mol. The molecule has 7 nitrogen and oxygen atoms in total. The third-order valence-corrected chi connectivity index (χ3v) is 6.56. The van der Waals surface area contributed by atoms with Gasteiger partial charge in [0.25, 0.3) is 5.91 Å². The summed E-state index contributed by atoms with van der Waals surface area (Å²) in [5.41, 5.74) is 4.01. The van der Waals surface area contributed by atoms with Crippen LogP contribution >= 0.6 is 0 Å². The molecule has 2 aromatic carbocycles. The van der Waals surface area contributed by atoms with E-state index in [1.54, 1.807) is 12.1 Å². The number of oxazole rings is 1. The molecule has 7 heteroatoms. The van der Waals surface area contributed by atoms with Crippen molar-refractivity contribution in [2.75, 3.05) is 13.1 Å². The van der Waals surface area contributed by atoms with E-state index in [0.29, 0.717) is 48.6 Å². The number of aromatic nitrogens is 1. The van der Waals surface area contributed by atoms with E-state index >= 15 is 0 Å². The van der Waals surface area contributed by atoms with Crippen molar-refractivity contribution < 1.29 is 18.4 Å². The number of hydrogen-bond acceptors (Lipinski definition) is 5. The first-order chi connectivity index (χ1) is 16.9. The smallest absolute Gasteiger partial charge is 0.253 e. The van der Waals surface area contributed by atoms with Crippen LogP contribution in [0.4, 0.5) is 0 Å². The fourth-order valence-corrected chi connectivity index (χ4v) is 4.50. The van der Waals surface area contributed by atoms with Crippen LogP contribution in [0.15, 0.2) is 63.4 Å². The van der Waals surface area contributed by atoms with Gasteiger partial charge in [0.05, 0.1) is 6.54 Å². The molecule has 5 rings (SSSR count). The molecule has 0 aliphatic carbocycles. The van der Waals surface area contributed by atoms with Crippen LogP contribution in [-0.2, 0) is 11.3 Å². The van der Waals surface area contributed by atoms with Crippen LogP contribution < -0.4 is 5.32 Å². The summed E-state index contributed by atoms with van der Waals surface area (Å²) in [5, 5.41) is 2.92. The van der Waals surface area contributed by atoms with Crippen molar-refractivity contribution in [1.82, 2.24) is 15.2 Å². The van der Waals surface area contributed by atoms with Crippen molar-refractivity contribution in [2.45, 2.75) is 39.7 Å². The largest absolute Gasteiger partial charge is 0.465 e. The zero-order chi connectivity index (χ0) is 24.4. The highest BCUT2D eigenvalue weighted by Gasteiger charge is 2.25. The third kappa shape index (κ3) is 5.29. The number of fused-ring (bicyclic) bond motifs is 1. The predicted molar refractivity (Wildman–Crippen MR) is 133 cm³/mol. The summed E-state index contributed by atoms with van der Waals surface area (Å²) in [7, 11) is 0. The summed E-state index contributed by atoms with van der Waals surface area (Å²) in [6.07, 6.45) is 2.08. The zero-order valence-electron chi connectivity index (χ0n) is 20.0. The van der Waals surface area contributed by atoms with Crippen LogP contribution in [0, 0.1) is 19.8 Å². The van der Waals surface area contributed by atoms with Gasteiger partial charge >= 0.3 is 0 Å². The van der Waals surface area contributed by atoms with Gasteiger partial charge in [-0.15, -0.1) is 0 Å². The third-order valence-electron chi connectivity index (χ3n) is 6.56. The highest BCUT2D eigenvalue weighted by molar-refractivity contribution is 5.97. The van der Waals surface area contributed by atoms with Crippen LogP contribution in [0.1, 0.15) is 46.7 Å². The Morgan fingerprint density at radius 3 is 2.49 bits per heavy atom. The fourth-order valence-electron chi connectivity index (χ4n) is 4.50. The number of carbonyl (C=O) groups is 2. The Morgan fingerprint density at radius 2 is 1.77 bits per heavy atom. The van der Waals surface area contributed by atoms with E-state index in [-0.39, 0.29) is 17.7 Å². The van der Waals surface area contributed by atoms with E-state index in [1.165, 1.54) is 5.56 Å². The second-order valence-corrected chi connectivity index (χ2v) is 9.30. The van der Waals surface area contributed by atoms with Crippen LogP contribution in [0.5, 0.6) is 0 Å². The number of aryl methyl sites for hydroxylation is 2. The van der Waals surface area contributed by atoms with Crippen LogP contribution in [0.25, 0.3) is 22.6 Å². The van der Waals surface area contributed by atoms with Gasteiger partial charge in [-0.3, -0.25) is 9.59 Å². The van der Waals surface area contributed by atoms with Crippen LogP contribution in [-0.4, -0.2) is 34.8 Å². The standard InChI is InChI=1S/C28H29N3O4/c1-18-3-6-21(7-4-18)27-30-24-16-22(8-10-25(24)35-27)28(33)31-13-11-20(12-14-31)15-26(32)29-17-23-9-5-19(2)34-23/h3-10,16,20H,11-15,17H2,1-2H3,(H,29,32). The number of piperidine rings is 1. The first-order valence-corrected chi connectivity index (χ1v) is 12.0. The summed E-state index contributed by atoms with van der Waals surface area (Å²) in [4.78, 5) is 31.9. The van der Waals surface area contributed by atoms with Gasteiger partial charge < -0.3 is 19.1 Å². The van der Waals surface area contributed by atoms with E-state index in [1.807, 2.05) is 61.2 Å². The minimum absolute atomic E-state index is 0.0112. The summed E-state index contributed by atoms with van der Waals surface area (Å²) in [6.45, 7) is 5.60. The van der Waals surface area contributed by atoms with Crippen molar-refractivity contribution in [1.29, 1.82) is 0 Å². The molecular formula is C28H29N3O4. The first-order valence-electron chi connectivity index (χ1n) is 12.0. The van der Waals surface area contributed by atoms with Gasteiger partial charge in [-0.1, -0.05) is 17.7 Å². The minimum Gasteiger partial charge on any atom is -0.465 e. The quantitative estimate of drug-likeness (QED) is 0.414. The lowest BCUT2D eigenvalue weighted by atomic mass is 9.93. The lowest BCUT2D eigenvalue weighted by Crippen LogP contribution is -2.39. The number of benzene rings is 2. The fraction of sp³-hybridized carbons (Fsp3) is 0.321. The average molecular weight is 472 g/mol. The summed E-state index contributed by atoms with van der Waals surface area (Å²) in [5.74, 6) is 2.41. The molecule has 0 saturated carbocycles. The number of likely N-dealkylation sites (tertiary alicyclic amines) is 1. The molecule has 4 aromatic rings. The Labute approximate surface area is 204 Å². The molecule has 1 saturated heterocycles. The molecule has 1 N–H and O–H groups in total. The van der Waals surface area contributed by atoms with E-state index in [0.717, 1.165) is 29.9 Å². The van der Waals surface area contributed by atoms with Gasteiger partial charge in [-0.25, -0.2) is 4.98 Å². The maximum Gasteiger partial charge on any atom is 0.253 e. The van der Waals surface area contributed by atoms with E-state index in [2.05, 4.69) is 10.3 Å². The van der Waals surface area contributed by atoms with Gasteiger partial charge in [0.1, 0.15) is 17.0 Å². The van der Waals surface area contributed by atoms with E-state index < -0.39 is 0 Å². The Kier molecular flexibility index (Phi) is 6.40. The molecular weight excluding hydrogens is 442 g/mol. The molecule has 3 heterocycles. The number of rotatable bonds is 6. The number of nitrogens with one attached hydrogen (secondary N) is 1. The average Bonchev–Trinajstić information content (AvgIpc) is 3.48. The molecule has 0 spiro atoms. The van der Waals surface area contributed by atoms with E-state index in [4.69, 9.17) is 8.83 Å². The summed E-state index contributed by atoms with van der Waals surface area (Å²) in [6, 6.07) is 17.2. The van der Waals surface area contributed by atoms with Gasteiger partial charge in [0, 0.05) is 30.6 Å². The number of amides is 2. The normalized spacial score (nSPS) is 14.4. The Bertz CT molecular complexity index is 1340. The number of nitrogens with zero attached hydrogens (tertiary/aromatic N) is 2. The molecule has 0 unspecified atom stereocenters. The first kappa shape index (κ1) is 22.9. The Balaban J connectivity index is 1.16. The van der Waals surface area contributed by atoms with Crippen molar-refractivity contribution in [3.63, 3.8) is 0 Å². The van der Waals surface area contributed by atoms with Gasteiger partial charge in [-0.05, 0) is 75.1 Å². The molecule has 2 aromatic heterocycles. The van der Waals surface area contributed by atoms with Crippen molar-refractivity contribution in [2.24, 2.45) is 5.92 Å². The second-order valence-electron chi connectivity index (χ2n) is 9.30. The lowest BCUT2D eigenvalue weighted by molar-refractivity contribution is -0.122. The van der Waals surface area contributed by atoms with Gasteiger partial charge in [-0.2, -0.15) is 0 Å². The molecule has 0 atom stereocenters. The summed E-state index contributed by atoms with van der Waals surface area (Å²) >= 11 is 0. The predicted octanol–water partition coefficient (Wildman–Crippen LogP) is 5.26. The lowest BCUT2D eigenvalue weighted by Gasteiger charge is -2.31. The number of furan rings is 1. The molecule has 1 aliphatic heterocycles. The summed E-state index contributed by atoms with van der Waals surface area (Å²) < 4.78 is 11.4. The zero-order valence-corrected chi connectivity index (χ0v) is 20.0.